The number of carbonyl (C=O) groups is 2. The van der Waals surface area contributed by atoms with Crippen LogP contribution >= 0.6 is 22.7 Å². The minimum absolute atomic E-state index is 0.136. The summed E-state index contributed by atoms with van der Waals surface area (Å²) in [5.41, 5.74) is 1.90. The van der Waals surface area contributed by atoms with Crippen molar-refractivity contribution in [3.63, 3.8) is 0 Å². The number of fused-ring (bicyclic) bond motifs is 1. The molecule has 0 spiro atoms. The molecule has 1 aliphatic rings. The number of hydrogen-bond acceptors (Lipinski definition) is 6. The summed E-state index contributed by atoms with van der Waals surface area (Å²) in [5, 5.41) is 2.93. The number of thiophene rings is 1. The van der Waals surface area contributed by atoms with E-state index in [1.54, 1.807) is 16.2 Å². The van der Waals surface area contributed by atoms with Gasteiger partial charge in [0.05, 0.1) is 15.2 Å². The number of para-hydroxylation sites is 1. The number of aryl methyl sites for hydroxylation is 1. The number of piperidine rings is 1. The first-order valence-corrected chi connectivity index (χ1v) is 10.7. The van der Waals surface area contributed by atoms with Crippen LogP contribution in [0, 0.1) is 6.92 Å². The Morgan fingerprint density at radius 2 is 2.15 bits per heavy atom. The van der Waals surface area contributed by atoms with Crippen LogP contribution in [-0.4, -0.2) is 41.5 Å². The van der Waals surface area contributed by atoms with Gasteiger partial charge in [-0.1, -0.05) is 12.1 Å². The number of amides is 1. The number of aromatic nitrogens is 1. The van der Waals surface area contributed by atoms with Gasteiger partial charge in [-0.2, -0.15) is 0 Å². The van der Waals surface area contributed by atoms with Gasteiger partial charge in [-0.3, -0.25) is 4.79 Å². The summed E-state index contributed by atoms with van der Waals surface area (Å²) in [7, 11) is 0. The molecule has 1 saturated heterocycles. The highest BCUT2D eigenvalue weighted by Crippen LogP contribution is 2.33. The third-order valence-electron chi connectivity index (χ3n) is 4.81. The molecule has 0 aliphatic carbocycles. The maximum absolute atomic E-state index is 12.5. The van der Waals surface area contributed by atoms with Crippen LogP contribution in [0.15, 0.2) is 35.7 Å². The fraction of sp³-hybridized carbons (Fsp3) is 0.350. The van der Waals surface area contributed by atoms with E-state index in [2.05, 4.69) is 6.07 Å². The first-order valence-electron chi connectivity index (χ1n) is 8.96. The summed E-state index contributed by atoms with van der Waals surface area (Å²) in [6.07, 6.45) is 1.96. The van der Waals surface area contributed by atoms with E-state index in [1.165, 1.54) is 16.0 Å². The number of ether oxygens (including phenoxy) is 1. The van der Waals surface area contributed by atoms with E-state index >= 15 is 0 Å². The molecule has 3 aromatic rings. The van der Waals surface area contributed by atoms with Gasteiger partial charge in [0.2, 0.25) is 0 Å². The molecule has 7 heteroatoms. The fourth-order valence-electron chi connectivity index (χ4n) is 3.34. The molecule has 1 atom stereocenters. The van der Waals surface area contributed by atoms with Crippen LogP contribution in [0.1, 0.15) is 39.0 Å². The number of hydrogen-bond donors (Lipinski definition) is 0. The van der Waals surface area contributed by atoms with Gasteiger partial charge >= 0.3 is 5.97 Å². The largest absolute Gasteiger partial charge is 0.451 e. The number of benzene rings is 1. The molecule has 0 radical (unpaired) electrons. The van der Waals surface area contributed by atoms with Crippen molar-refractivity contribution in [3.05, 3.63) is 51.2 Å². The maximum atomic E-state index is 12.5. The molecule has 27 heavy (non-hydrogen) atoms. The number of carbonyl (C=O) groups excluding carboxylic acids is 2. The summed E-state index contributed by atoms with van der Waals surface area (Å²) >= 11 is 3.04. The third kappa shape index (κ3) is 3.89. The zero-order valence-corrected chi connectivity index (χ0v) is 16.6. The Bertz CT molecular complexity index is 945. The average Bonchev–Trinajstić information content (AvgIpc) is 3.32. The van der Waals surface area contributed by atoms with Gasteiger partial charge in [0.1, 0.15) is 4.88 Å². The summed E-state index contributed by atoms with van der Waals surface area (Å²) in [6, 6.07) is 9.98. The molecule has 1 aliphatic heterocycles. The second-order valence-electron chi connectivity index (χ2n) is 6.71. The molecule has 1 amide bonds. The molecule has 1 fully saturated rings. The van der Waals surface area contributed by atoms with Crippen molar-refractivity contribution in [2.75, 3.05) is 19.7 Å². The fourth-order valence-corrected chi connectivity index (χ4v) is 5.25. The normalized spacial score (nSPS) is 17.2. The van der Waals surface area contributed by atoms with Gasteiger partial charge in [0.15, 0.2) is 6.61 Å². The van der Waals surface area contributed by atoms with Crippen molar-refractivity contribution in [3.8, 4) is 0 Å². The first-order chi connectivity index (χ1) is 13.1. The minimum atomic E-state index is -0.421. The van der Waals surface area contributed by atoms with Crippen molar-refractivity contribution in [1.29, 1.82) is 0 Å². The number of likely N-dealkylation sites (tertiary alicyclic amines) is 1. The van der Waals surface area contributed by atoms with Gasteiger partial charge < -0.3 is 9.64 Å². The second-order valence-corrected chi connectivity index (χ2v) is 8.69. The summed E-state index contributed by atoms with van der Waals surface area (Å²) in [4.78, 5) is 31.8. The highest BCUT2D eigenvalue weighted by Gasteiger charge is 2.27. The lowest BCUT2D eigenvalue weighted by molar-refractivity contribution is -0.135. The Hall–Kier alpha value is -2.25. The molecule has 0 bridgehead atoms. The van der Waals surface area contributed by atoms with Crippen molar-refractivity contribution in [2.24, 2.45) is 0 Å². The second kappa shape index (κ2) is 7.78. The molecule has 1 aromatic carbocycles. The molecular formula is C20H20N2O3S2. The highest BCUT2D eigenvalue weighted by atomic mass is 32.1. The van der Waals surface area contributed by atoms with Gasteiger partial charge in [0, 0.05) is 19.0 Å². The van der Waals surface area contributed by atoms with Crippen LogP contribution in [0.2, 0.25) is 0 Å². The SMILES string of the molecule is Cc1ccsc1C(=O)OCC(=O)N1CCC[C@@H](c2nc3ccccc3s2)C1. The van der Waals surface area contributed by atoms with Crippen molar-refractivity contribution in [1.82, 2.24) is 9.88 Å². The van der Waals surface area contributed by atoms with Crippen molar-refractivity contribution < 1.29 is 14.3 Å². The third-order valence-corrected chi connectivity index (χ3v) is 7.00. The van der Waals surface area contributed by atoms with E-state index in [9.17, 15) is 9.59 Å². The van der Waals surface area contributed by atoms with Crippen LogP contribution in [0.4, 0.5) is 0 Å². The van der Waals surface area contributed by atoms with E-state index in [1.807, 2.05) is 36.6 Å². The van der Waals surface area contributed by atoms with Crippen LogP contribution < -0.4 is 0 Å². The Morgan fingerprint density at radius 1 is 1.30 bits per heavy atom. The average molecular weight is 401 g/mol. The first kappa shape index (κ1) is 18.1. The van der Waals surface area contributed by atoms with E-state index < -0.39 is 5.97 Å². The summed E-state index contributed by atoms with van der Waals surface area (Å²) < 4.78 is 6.42. The van der Waals surface area contributed by atoms with Crippen LogP contribution in [0.5, 0.6) is 0 Å². The van der Waals surface area contributed by atoms with Gasteiger partial charge in [-0.25, -0.2) is 9.78 Å². The standard InChI is InChI=1S/C20H20N2O3S2/c1-13-8-10-26-18(13)20(24)25-12-17(23)22-9-4-5-14(11-22)19-21-15-6-2-3-7-16(15)27-19/h2-3,6-8,10,14H,4-5,9,11-12H2,1H3/t14-/m1/s1. The Balaban J connectivity index is 1.38. The zero-order valence-electron chi connectivity index (χ0n) is 15.0. The Labute approximate surface area is 165 Å². The summed E-state index contributed by atoms with van der Waals surface area (Å²) in [6.45, 7) is 2.99. The van der Waals surface area contributed by atoms with Crippen LogP contribution in [0.3, 0.4) is 0 Å². The Morgan fingerprint density at radius 3 is 2.93 bits per heavy atom. The number of rotatable bonds is 4. The van der Waals surface area contributed by atoms with Crippen molar-refractivity contribution in [2.45, 2.75) is 25.7 Å². The maximum Gasteiger partial charge on any atom is 0.349 e. The lowest BCUT2D eigenvalue weighted by Gasteiger charge is -2.31. The number of nitrogens with zero attached hydrogens (tertiary/aromatic N) is 2. The predicted octanol–water partition coefficient (Wildman–Crippen LogP) is 4.23. The smallest absolute Gasteiger partial charge is 0.349 e. The minimum Gasteiger partial charge on any atom is -0.451 e. The number of thiazole rings is 1. The van der Waals surface area contributed by atoms with E-state index in [0.29, 0.717) is 18.0 Å². The van der Waals surface area contributed by atoms with Crippen LogP contribution in [0.25, 0.3) is 10.2 Å². The summed E-state index contributed by atoms with van der Waals surface area (Å²) in [5.74, 6) is -0.311. The van der Waals surface area contributed by atoms with Crippen LogP contribution in [-0.2, 0) is 9.53 Å². The molecule has 5 nitrogen and oxygen atoms in total. The molecule has 140 valence electrons. The predicted molar refractivity (Wildman–Crippen MR) is 108 cm³/mol. The molecule has 0 N–H and O–H groups in total. The topological polar surface area (TPSA) is 59.5 Å². The highest BCUT2D eigenvalue weighted by molar-refractivity contribution is 7.18. The molecule has 4 rings (SSSR count). The molecule has 3 heterocycles. The molecular weight excluding hydrogens is 380 g/mol. The molecule has 2 aromatic heterocycles. The van der Waals surface area contributed by atoms with Gasteiger partial charge in [-0.15, -0.1) is 22.7 Å². The number of esters is 1. The lowest BCUT2D eigenvalue weighted by Crippen LogP contribution is -2.41. The van der Waals surface area contributed by atoms with Gasteiger partial charge in [-0.05, 0) is 48.9 Å². The van der Waals surface area contributed by atoms with E-state index in [4.69, 9.17) is 9.72 Å². The van der Waals surface area contributed by atoms with E-state index in [-0.39, 0.29) is 18.4 Å². The van der Waals surface area contributed by atoms with Crippen molar-refractivity contribution >= 4 is 44.8 Å². The quantitative estimate of drug-likeness (QED) is 0.615. The molecule has 0 saturated carbocycles. The monoisotopic (exact) mass is 400 g/mol. The van der Waals surface area contributed by atoms with Gasteiger partial charge in [0.25, 0.3) is 5.91 Å². The Kier molecular flexibility index (Phi) is 5.22. The molecule has 0 unspecified atom stereocenters. The van der Waals surface area contributed by atoms with E-state index in [0.717, 1.165) is 28.9 Å². The zero-order chi connectivity index (χ0) is 18.8. The lowest BCUT2D eigenvalue weighted by atomic mass is 9.99.